The van der Waals surface area contributed by atoms with Gasteiger partial charge in [-0.2, -0.15) is 0 Å². The number of hydrogen-bond acceptors (Lipinski definition) is 8. The van der Waals surface area contributed by atoms with Crippen LogP contribution in [-0.2, 0) is 14.8 Å². The van der Waals surface area contributed by atoms with Crippen molar-refractivity contribution in [3.8, 4) is 0 Å². The number of nitrogens with two attached hydrogens (primary N) is 1. The van der Waals surface area contributed by atoms with Gasteiger partial charge in [0.15, 0.2) is 11.4 Å². The first-order valence-electron chi connectivity index (χ1n) is 7.59. The minimum atomic E-state index is -3.88. The summed E-state index contributed by atoms with van der Waals surface area (Å²) >= 11 is 0. The molecule has 1 amide bonds. The van der Waals surface area contributed by atoms with E-state index < -0.39 is 32.3 Å². The smallest absolute Gasteiger partial charge is 0.296 e. The van der Waals surface area contributed by atoms with Crippen LogP contribution in [-0.4, -0.2) is 24.4 Å². The fourth-order valence-corrected chi connectivity index (χ4v) is 2.52. The fraction of sp³-hybridized carbons (Fsp3) is 0.0625. The van der Waals surface area contributed by atoms with Crippen molar-refractivity contribution in [2.24, 2.45) is 15.4 Å². The number of anilines is 1. The maximum Gasteiger partial charge on any atom is 0.296 e. The van der Waals surface area contributed by atoms with E-state index in [1.54, 1.807) is 0 Å². The second-order valence-electron chi connectivity index (χ2n) is 5.40. The van der Waals surface area contributed by atoms with Crippen LogP contribution < -0.4 is 10.5 Å². The number of nitro benzene ring substituents is 1. The van der Waals surface area contributed by atoms with E-state index >= 15 is 0 Å². The molecule has 0 saturated carbocycles. The summed E-state index contributed by atoms with van der Waals surface area (Å²) in [6.07, 6.45) is 0. The number of amides is 1. The van der Waals surface area contributed by atoms with E-state index in [2.05, 4.69) is 15.5 Å². The summed E-state index contributed by atoms with van der Waals surface area (Å²) < 4.78 is 22.5. The summed E-state index contributed by atoms with van der Waals surface area (Å²) in [6.45, 7) is 1.19. The highest BCUT2D eigenvalue weighted by atomic mass is 32.2. The van der Waals surface area contributed by atoms with Gasteiger partial charge in [0.05, 0.1) is 9.82 Å². The molecule has 0 aromatic heterocycles. The third-order valence-corrected chi connectivity index (χ3v) is 4.26. The molecule has 0 spiro atoms. The van der Waals surface area contributed by atoms with Gasteiger partial charge in [-0.25, -0.2) is 13.6 Å². The van der Waals surface area contributed by atoms with Gasteiger partial charge in [0, 0.05) is 11.8 Å². The average molecular weight is 405 g/mol. The number of aliphatic hydroxyl groups is 1. The molecule has 0 atom stereocenters. The lowest BCUT2D eigenvalue weighted by Crippen LogP contribution is -2.15. The number of nitro groups is 1. The van der Waals surface area contributed by atoms with Gasteiger partial charge in [-0.3, -0.25) is 14.9 Å². The molecule has 0 unspecified atom stereocenters. The molecule has 11 nitrogen and oxygen atoms in total. The number of sulfonamides is 1. The lowest BCUT2D eigenvalue weighted by molar-refractivity contribution is -0.384. The Hall–Kier alpha value is -3.64. The Balaban J connectivity index is 2.24. The van der Waals surface area contributed by atoms with Crippen molar-refractivity contribution in [1.82, 2.24) is 0 Å². The first kappa shape index (κ1) is 20.7. The van der Waals surface area contributed by atoms with Crippen LogP contribution in [0.25, 0.3) is 0 Å². The van der Waals surface area contributed by atoms with Crippen molar-refractivity contribution in [2.45, 2.75) is 11.8 Å². The SMILES string of the molecule is CC(O)=C(N=Nc1ccccc1[N+](=O)[O-])C(=O)Nc1ccc(S(N)(=O)=O)cc1. The number of rotatable bonds is 6. The van der Waals surface area contributed by atoms with Crippen LogP contribution in [0.4, 0.5) is 17.1 Å². The quantitative estimate of drug-likeness (QED) is 0.219. The van der Waals surface area contributed by atoms with Crippen LogP contribution in [0.1, 0.15) is 6.92 Å². The summed E-state index contributed by atoms with van der Waals surface area (Å²) in [4.78, 5) is 22.5. The highest BCUT2D eigenvalue weighted by Gasteiger charge is 2.16. The molecule has 0 aliphatic heterocycles. The molecule has 0 bridgehead atoms. The van der Waals surface area contributed by atoms with Crippen LogP contribution in [0.3, 0.4) is 0 Å². The van der Waals surface area contributed by atoms with Crippen LogP contribution >= 0.6 is 0 Å². The Morgan fingerprint density at radius 2 is 1.79 bits per heavy atom. The van der Waals surface area contributed by atoms with E-state index in [9.17, 15) is 28.4 Å². The van der Waals surface area contributed by atoms with Gasteiger partial charge in [0.1, 0.15) is 5.76 Å². The van der Waals surface area contributed by atoms with Gasteiger partial charge in [-0.05, 0) is 37.3 Å². The standard InChI is InChI=1S/C16H15N5O6S/c1-10(22)15(20-19-13-4-2-3-5-14(13)21(24)25)16(23)18-11-6-8-12(9-7-11)28(17,26)27/h2-9,22H,1H3,(H,18,23)(H2,17,26,27). The van der Waals surface area contributed by atoms with Crippen LogP contribution in [0.15, 0.2) is 75.1 Å². The van der Waals surface area contributed by atoms with E-state index in [4.69, 9.17) is 5.14 Å². The van der Waals surface area contributed by atoms with Crippen molar-refractivity contribution < 1.29 is 23.2 Å². The number of azo groups is 1. The zero-order chi connectivity index (χ0) is 20.9. The lowest BCUT2D eigenvalue weighted by Gasteiger charge is -2.06. The molecule has 146 valence electrons. The summed E-state index contributed by atoms with van der Waals surface area (Å²) in [7, 11) is -3.88. The van der Waals surface area contributed by atoms with E-state index in [0.717, 1.165) is 0 Å². The zero-order valence-electron chi connectivity index (χ0n) is 14.4. The molecule has 28 heavy (non-hydrogen) atoms. The number of allylic oxidation sites excluding steroid dienone is 1. The Morgan fingerprint density at radius 3 is 2.32 bits per heavy atom. The fourth-order valence-electron chi connectivity index (χ4n) is 2.01. The maximum absolute atomic E-state index is 12.3. The minimum Gasteiger partial charge on any atom is -0.510 e. The third-order valence-electron chi connectivity index (χ3n) is 3.33. The highest BCUT2D eigenvalue weighted by Crippen LogP contribution is 2.27. The molecule has 0 fully saturated rings. The van der Waals surface area contributed by atoms with Gasteiger partial charge in [-0.1, -0.05) is 12.1 Å². The number of hydrogen-bond donors (Lipinski definition) is 3. The molecule has 2 aromatic carbocycles. The first-order chi connectivity index (χ1) is 13.1. The molecule has 4 N–H and O–H groups in total. The van der Waals surface area contributed by atoms with Crippen molar-refractivity contribution in [3.63, 3.8) is 0 Å². The maximum atomic E-state index is 12.3. The molecule has 2 rings (SSSR count). The largest absolute Gasteiger partial charge is 0.510 e. The predicted octanol–water partition coefficient (Wildman–Crippen LogP) is 2.75. The lowest BCUT2D eigenvalue weighted by atomic mass is 10.3. The molecule has 0 saturated heterocycles. The number of carbonyl (C=O) groups is 1. The molecule has 0 radical (unpaired) electrons. The molecule has 0 aliphatic carbocycles. The summed E-state index contributed by atoms with van der Waals surface area (Å²) in [6, 6.07) is 10.5. The second-order valence-corrected chi connectivity index (χ2v) is 6.96. The highest BCUT2D eigenvalue weighted by molar-refractivity contribution is 7.89. The Kier molecular flexibility index (Phi) is 6.18. The van der Waals surface area contributed by atoms with E-state index in [0.29, 0.717) is 0 Å². The molecule has 2 aromatic rings. The zero-order valence-corrected chi connectivity index (χ0v) is 15.3. The van der Waals surface area contributed by atoms with E-state index in [1.165, 1.54) is 55.5 Å². The van der Waals surface area contributed by atoms with Crippen molar-refractivity contribution in [3.05, 3.63) is 70.1 Å². The van der Waals surface area contributed by atoms with Crippen molar-refractivity contribution in [1.29, 1.82) is 0 Å². The van der Waals surface area contributed by atoms with Gasteiger partial charge in [0.2, 0.25) is 10.0 Å². The number of carbonyl (C=O) groups excluding carboxylic acids is 1. The van der Waals surface area contributed by atoms with Crippen LogP contribution in [0, 0.1) is 10.1 Å². The molecule has 0 aliphatic rings. The summed E-state index contributed by atoms with van der Waals surface area (Å²) in [5, 5.41) is 35.4. The number of nitrogens with zero attached hydrogens (tertiary/aromatic N) is 3. The second kappa shape index (κ2) is 8.37. The molecular weight excluding hydrogens is 390 g/mol. The van der Waals surface area contributed by atoms with Crippen molar-refractivity contribution in [2.75, 3.05) is 5.32 Å². The van der Waals surface area contributed by atoms with Gasteiger partial charge in [0.25, 0.3) is 11.6 Å². The Bertz CT molecular complexity index is 1070. The number of primary sulfonamides is 1. The first-order valence-corrected chi connectivity index (χ1v) is 9.13. The number of aliphatic hydroxyl groups excluding tert-OH is 1. The normalized spacial score (nSPS) is 12.5. The van der Waals surface area contributed by atoms with Gasteiger partial charge < -0.3 is 10.4 Å². The molecule has 0 heterocycles. The van der Waals surface area contributed by atoms with Crippen molar-refractivity contribution >= 4 is 33.0 Å². The Morgan fingerprint density at radius 1 is 1.18 bits per heavy atom. The molecular formula is C16H15N5O6S. The number of benzene rings is 2. The van der Waals surface area contributed by atoms with Gasteiger partial charge >= 0.3 is 0 Å². The average Bonchev–Trinajstić information content (AvgIpc) is 2.61. The summed E-state index contributed by atoms with van der Waals surface area (Å²) in [5.74, 6) is -1.33. The topological polar surface area (TPSA) is 177 Å². The Labute approximate surface area is 159 Å². The molecule has 12 heteroatoms. The minimum absolute atomic E-state index is 0.100. The van der Waals surface area contributed by atoms with E-state index in [-0.39, 0.29) is 22.0 Å². The van der Waals surface area contributed by atoms with E-state index in [1.807, 2.05) is 0 Å². The monoisotopic (exact) mass is 405 g/mol. The third kappa shape index (κ3) is 5.18. The van der Waals surface area contributed by atoms with Crippen LogP contribution in [0.5, 0.6) is 0 Å². The number of nitrogens with one attached hydrogen (secondary N) is 1. The predicted molar refractivity (Wildman–Crippen MR) is 99.4 cm³/mol. The van der Waals surface area contributed by atoms with Gasteiger partial charge in [-0.15, -0.1) is 10.2 Å². The number of para-hydroxylation sites is 1. The van der Waals surface area contributed by atoms with Crippen LogP contribution in [0.2, 0.25) is 0 Å². The summed E-state index contributed by atoms with van der Waals surface area (Å²) in [5.41, 5.74) is -0.692.